The molecule has 1 aliphatic rings. The van der Waals surface area contributed by atoms with Gasteiger partial charge in [-0.15, -0.1) is 0 Å². The van der Waals surface area contributed by atoms with E-state index in [4.69, 9.17) is 5.73 Å². The highest BCUT2D eigenvalue weighted by atomic mass is 16.2. The van der Waals surface area contributed by atoms with Crippen LogP contribution < -0.4 is 11.1 Å². The third-order valence-corrected chi connectivity index (χ3v) is 3.93. The first-order chi connectivity index (χ1) is 10.7. The molecule has 0 radical (unpaired) electrons. The monoisotopic (exact) mass is 303 g/mol. The fourth-order valence-corrected chi connectivity index (χ4v) is 2.62. The lowest BCUT2D eigenvalue weighted by Crippen LogP contribution is -2.27. The van der Waals surface area contributed by atoms with Crippen LogP contribution in [0.15, 0.2) is 24.3 Å². The predicted octanol–water partition coefficient (Wildman–Crippen LogP) is 1.92. The number of nitrogens with two attached hydrogens (primary N) is 1. The number of hydrogen-bond donors (Lipinski definition) is 2. The number of rotatable bonds is 7. The summed E-state index contributed by atoms with van der Waals surface area (Å²) in [6.07, 6.45) is 4.71. The van der Waals surface area contributed by atoms with Crippen LogP contribution in [0.1, 0.15) is 37.7 Å². The Morgan fingerprint density at radius 3 is 2.41 bits per heavy atom. The maximum absolute atomic E-state index is 12.0. The summed E-state index contributed by atoms with van der Waals surface area (Å²) in [5.41, 5.74) is 7.29. The van der Waals surface area contributed by atoms with Crippen molar-refractivity contribution in [3.05, 3.63) is 29.8 Å². The van der Waals surface area contributed by atoms with Gasteiger partial charge < -0.3 is 16.0 Å². The lowest BCUT2D eigenvalue weighted by atomic mass is 10.1. The molecule has 0 aromatic heterocycles. The van der Waals surface area contributed by atoms with E-state index in [0.29, 0.717) is 25.8 Å². The first kappa shape index (κ1) is 16.5. The van der Waals surface area contributed by atoms with Gasteiger partial charge in [-0.1, -0.05) is 12.1 Å². The number of nitrogens with one attached hydrogen (secondary N) is 1. The normalized spacial score (nSPS) is 14.1. The molecule has 0 spiro atoms. The molecule has 1 heterocycles. The second-order valence-corrected chi connectivity index (χ2v) is 5.73. The van der Waals surface area contributed by atoms with Gasteiger partial charge in [-0.05, 0) is 49.9 Å². The first-order valence-corrected chi connectivity index (χ1v) is 8.05. The molecule has 1 saturated heterocycles. The topological polar surface area (TPSA) is 75.4 Å². The molecule has 0 unspecified atom stereocenters. The quantitative estimate of drug-likeness (QED) is 0.808. The SMILES string of the molecule is NCCCC(=O)Nc1ccc(CCC(=O)N2CCCC2)cc1. The van der Waals surface area contributed by atoms with Crippen LogP contribution in [0.5, 0.6) is 0 Å². The van der Waals surface area contributed by atoms with E-state index in [2.05, 4.69) is 5.32 Å². The summed E-state index contributed by atoms with van der Waals surface area (Å²) in [6, 6.07) is 7.71. The average Bonchev–Trinajstić information content (AvgIpc) is 3.06. The molecule has 2 amide bonds. The lowest BCUT2D eigenvalue weighted by molar-refractivity contribution is -0.130. The molecule has 0 saturated carbocycles. The molecular weight excluding hydrogens is 278 g/mol. The number of carbonyl (C=O) groups is 2. The van der Waals surface area contributed by atoms with Crippen LogP contribution in [-0.2, 0) is 16.0 Å². The molecule has 0 aliphatic carbocycles. The maximum Gasteiger partial charge on any atom is 0.224 e. The molecule has 5 heteroatoms. The first-order valence-electron chi connectivity index (χ1n) is 8.05. The summed E-state index contributed by atoms with van der Waals surface area (Å²) in [7, 11) is 0. The van der Waals surface area contributed by atoms with Crippen molar-refractivity contribution in [1.82, 2.24) is 4.90 Å². The van der Waals surface area contributed by atoms with Crippen LogP contribution >= 0.6 is 0 Å². The zero-order chi connectivity index (χ0) is 15.8. The summed E-state index contributed by atoms with van der Waals surface area (Å²) in [5.74, 6) is 0.235. The van der Waals surface area contributed by atoms with Gasteiger partial charge >= 0.3 is 0 Å². The van der Waals surface area contributed by atoms with Gasteiger partial charge in [0.25, 0.3) is 0 Å². The Balaban J connectivity index is 1.76. The molecule has 1 aliphatic heterocycles. The third-order valence-electron chi connectivity index (χ3n) is 3.93. The Labute approximate surface area is 131 Å². The number of aryl methyl sites for hydroxylation is 1. The molecule has 120 valence electrons. The summed E-state index contributed by atoms with van der Waals surface area (Å²) >= 11 is 0. The highest BCUT2D eigenvalue weighted by Gasteiger charge is 2.17. The van der Waals surface area contributed by atoms with E-state index in [1.807, 2.05) is 29.2 Å². The number of anilines is 1. The number of likely N-dealkylation sites (tertiary alicyclic amines) is 1. The van der Waals surface area contributed by atoms with Crippen molar-refractivity contribution < 1.29 is 9.59 Å². The van der Waals surface area contributed by atoms with E-state index in [0.717, 1.165) is 43.6 Å². The number of benzene rings is 1. The summed E-state index contributed by atoms with van der Waals surface area (Å²) in [5, 5.41) is 2.84. The van der Waals surface area contributed by atoms with Gasteiger partial charge in [-0.2, -0.15) is 0 Å². The van der Waals surface area contributed by atoms with Crippen LogP contribution in [0.25, 0.3) is 0 Å². The van der Waals surface area contributed by atoms with Crippen molar-refractivity contribution in [3.63, 3.8) is 0 Å². The van der Waals surface area contributed by atoms with Crippen LogP contribution in [0.4, 0.5) is 5.69 Å². The van der Waals surface area contributed by atoms with Crippen LogP contribution in [-0.4, -0.2) is 36.3 Å². The van der Waals surface area contributed by atoms with E-state index in [1.54, 1.807) is 0 Å². The van der Waals surface area contributed by atoms with Crippen molar-refractivity contribution in [2.45, 2.75) is 38.5 Å². The summed E-state index contributed by atoms with van der Waals surface area (Å²) in [6.45, 7) is 2.34. The fourth-order valence-electron chi connectivity index (χ4n) is 2.62. The van der Waals surface area contributed by atoms with Gasteiger partial charge in [0.2, 0.25) is 11.8 Å². The zero-order valence-electron chi connectivity index (χ0n) is 13.0. The number of hydrogen-bond acceptors (Lipinski definition) is 3. The van der Waals surface area contributed by atoms with Gasteiger partial charge in [-0.25, -0.2) is 0 Å². The Hall–Kier alpha value is -1.88. The van der Waals surface area contributed by atoms with Crippen LogP contribution in [0.3, 0.4) is 0 Å². The average molecular weight is 303 g/mol. The van der Waals surface area contributed by atoms with Gasteiger partial charge in [-0.3, -0.25) is 9.59 Å². The van der Waals surface area contributed by atoms with Gasteiger partial charge in [0.1, 0.15) is 0 Å². The summed E-state index contributed by atoms with van der Waals surface area (Å²) in [4.78, 5) is 25.5. The van der Waals surface area contributed by atoms with E-state index < -0.39 is 0 Å². The Kier molecular flexibility index (Phi) is 6.40. The number of amides is 2. The van der Waals surface area contributed by atoms with E-state index in [9.17, 15) is 9.59 Å². The van der Waals surface area contributed by atoms with Gasteiger partial charge in [0.05, 0.1) is 0 Å². The van der Waals surface area contributed by atoms with Crippen molar-refractivity contribution in [2.24, 2.45) is 5.73 Å². The van der Waals surface area contributed by atoms with E-state index in [1.165, 1.54) is 0 Å². The highest BCUT2D eigenvalue weighted by molar-refractivity contribution is 5.90. The maximum atomic E-state index is 12.0. The minimum atomic E-state index is -0.0117. The van der Waals surface area contributed by atoms with Crippen LogP contribution in [0, 0.1) is 0 Å². The van der Waals surface area contributed by atoms with Crippen molar-refractivity contribution in [2.75, 3.05) is 25.0 Å². The molecule has 1 aromatic carbocycles. The largest absolute Gasteiger partial charge is 0.343 e. The van der Waals surface area contributed by atoms with E-state index in [-0.39, 0.29) is 11.8 Å². The Bertz CT molecular complexity index is 493. The van der Waals surface area contributed by atoms with Crippen LogP contribution in [0.2, 0.25) is 0 Å². The molecule has 0 bridgehead atoms. The van der Waals surface area contributed by atoms with E-state index >= 15 is 0 Å². The highest BCUT2D eigenvalue weighted by Crippen LogP contribution is 2.14. The molecule has 3 N–H and O–H groups in total. The fraction of sp³-hybridized carbons (Fsp3) is 0.529. The lowest BCUT2D eigenvalue weighted by Gasteiger charge is -2.15. The standard InChI is InChI=1S/C17H25N3O2/c18-11-3-4-16(21)19-15-8-5-14(6-9-15)7-10-17(22)20-12-1-2-13-20/h5-6,8-9H,1-4,7,10-13,18H2,(H,19,21). The summed E-state index contributed by atoms with van der Waals surface area (Å²) < 4.78 is 0. The van der Waals surface area contributed by atoms with Crippen molar-refractivity contribution in [1.29, 1.82) is 0 Å². The predicted molar refractivity (Wildman–Crippen MR) is 87.5 cm³/mol. The molecule has 5 nitrogen and oxygen atoms in total. The van der Waals surface area contributed by atoms with Crippen molar-refractivity contribution >= 4 is 17.5 Å². The molecular formula is C17H25N3O2. The number of nitrogens with zero attached hydrogens (tertiary/aromatic N) is 1. The second kappa shape index (κ2) is 8.54. The van der Waals surface area contributed by atoms with Gasteiger partial charge in [0.15, 0.2) is 0 Å². The molecule has 22 heavy (non-hydrogen) atoms. The zero-order valence-corrected chi connectivity index (χ0v) is 13.0. The van der Waals surface area contributed by atoms with Gasteiger partial charge in [0, 0.05) is 31.6 Å². The molecule has 1 aromatic rings. The Morgan fingerprint density at radius 1 is 1.09 bits per heavy atom. The smallest absolute Gasteiger partial charge is 0.224 e. The molecule has 1 fully saturated rings. The molecule has 0 atom stereocenters. The second-order valence-electron chi connectivity index (χ2n) is 5.73. The molecule has 2 rings (SSSR count). The minimum Gasteiger partial charge on any atom is -0.343 e. The third kappa shape index (κ3) is 5.15. The number of carbonyl (C=O) groups excluding carboxylic acids is 2. The Morgan fingerprint density at radius 2 is 1.77 bits per heavy atom. The van der Waals surface area contributed by atoms with Crippen molar-refractivity contribution in [3.8, 4) is 0 Å². The minimum absolute atomic E-state index is 0.0117.